The lowest BCUT2D eigenvalue weighted by atomic mass is 9.90. The third-order valence-corrected chi connectivity index (χ3v) is 4.77. The van der Waals surface area contributed by atoms with E-state index in [9.17, 15) is 0 Å². The van der Waals surface area contributed by atoms with Gasteiger partial charge in [0.05, 0.1) is 0 Å². The summed E-state index contributed by atoms with van der Waals surface area (Å²) in [4.78, 5) is 0. The maximum absolute atomic E-state index is 2.44. The predicted molar refractivity (Wildman–Crippen MR) is 63.4 cm³/mol. The van der Waals surface area contributed by atoms with Gasteiger partial charge in [0.25, 0.3) is 0 Å². The van der Waals surface area contributed by atoms with Crippen LogP contribution in [0, 0.1) is 5.92 Å². The first-order valence-electron chi connectivity index (χ1n) is 5.96. The van der Waals surface area contributed by atoms with Gasteiger partial charge in [0.1, 0.15) is 0 Å². The molecular formula is C12H24S. The minimum absolute atomic E-state index is 0.986. The lowest BCUT2D eigenvalue weighted by molar-refractivity contribution is 0.397. The Bertz CT molecular complexity index is 122. The quantitative estimate of drug-likeness (QED) is 0.589. The summed E-state index contributed by atoms with van der Waals surface area (Å²) < 4.78 is 0. The van der Waals surface area contributed by atoms with Crippen LogP contribution in [0.4, 0.5) is 0 Å². The average molecular weight is 200 g/mol. The van der Waals surface area contributed by atoms with Gasteiger partial charge in [-0.15, -0.1) is 0 Å². The summed E-state index contributed by atoms with van der Waals surface area (Å²) in [6.07, 6.45) is 10.1. The van der Waals surface area contributed by atoms with Gasteiger partial charge in [-0.2, -0.15) is 11.8 Å². The van der Waals surface area contributed by atoms with Crippen molar-refractivity contribution in [3.05, 3.63) is 0 Å². The molecule has 0 radical (unpaired) electrons. The molecule has 2 atom stereocenters. The largest absolute Gasteiger partial charge is 0.158 e. The van der Waals surface area contributed by atoms with Crippen molar-refractivity contribution in [3.8, 4) is 0 Å². The van der Waals surface area contributed by atoms with Crippen molar-refractivity contribution in [3.63, 3.8) is 0 Å². The molecule has 0 saturated heterocycles. The maximum atomic E-state index is 2.44. The minimum atomic E-state index is 0.986. The monoisotopic (exact) mass is 200 g/mol. The smallest absolute Gasteiger partial charge is 0.00726 e. The zero-order valence-electron chi connectivity index (χ0n) is 9.22. The fourth-order valence-electron chi connectivity index (χ4n) is 2.12. The van der Waals surface area contributed by atoms with E-state index in [1.807, 2.05) is 0 Å². The molecule has 1 fully saturated rings. The highest BCUT2D eigenvalue weighted by molar-refractivity contribution is 7.99. The molecule has 0 N–H and O–H groups in total. The van der Waals surface area contributed by atoms with Crippen LogP contribution in [-0.2, 0) is 0 Å². The van der Waals surface area contributed by atoms with Crippen molar-refractivity contribution in [1.82, 2.24) is 0 Å². The van der Waals surface area contributed by atoms with Crippen LogP contribution in [0.3, 0.4) is 0 Å². The second kappa shape index (κ2) is 6.75. The number of rotatable bonds is 5. The molecule has 0 aliphatic heterocycles. The Morgan fingerprint density at radius 1 is 1.15 bits per heavy atom. The van der Waals surface area contributed by atoms with E-state index >= 15 is 0 Å². The third-order valence-electron chi connectivity index (χ3n) is 3.11. The Kier molecular flexibility index (Phi) is 5.93. The highest BCUT2D eigenvalue weighted by Crippen LogP contribution is 2.33. The van der Waals surface area contributed by atoms with Gasteiger partial charge in [0.15, 0.2) is 0 Å². The van der Waals surface area contributed by atoms with Crippen LogP contribution in [0.2, 0.25) is 0 Å². The molecule has 78 valence electrons. The highest BCUT2D eigenvalue weighted by Gasteiger charge is 2.20. The van der Waals surface area contributed by atoms with Crippen LogP contribution >= 0.6 is 11.8 Å². The zero-order valence-corrected chi connectivity index (χ0v) is 10.0. The SMILES string of the molecule is CCCCCSC1CCCCC1C. The maximum Gasteiger partial charge on any atom is 0.00726 e. The Labute approximate surface area is 87.9 Å². The van der Waals surface area contributed by atoms with Gasteiger partial charge in [-0.05, 0) is 30.9 Å². The summed E-state index contributed by atoms with van der Waals surface area (Å²) in [6.45, 7) is 4.73. The average Bonchev–Trinajstić information content (AvgIpc) is 2.15. The molecule has 0 bridgehead atoms. The van der Waals surface area contributed by atoms with Gasteiger partial charge in [0.2, 0.25) is 0 Å². The summed E-state index contributed by atoms with van der Waals surface area (Å²) in [5.41, 5.74) is 0. The summed E-state index contributed by atoms with van der Waals surface area (Å²) in [5, 5.41) is 0.991. The second-order valence-electron chi connectivity index (χ2n) is 4.38. The number of hydrogen-bond acceptors (Lipinski definition) is 1. The standard InChI is InChI=1S/C12H24S/c1-3-4-7-10-13-12-9-6-5-8-11(12)2/h11-12H,3-10H2,1-2H3. The fourth-order valence-corrected chi connectivity index (χ4v) is 3.59. The van der Waals surface area contributed by atoms with Crippen molar-refractivity contribution >= 4 is 11.8 Å². The van der Waals surface area contributed by atoms with Gasteiger partial charge in [-0.25, -0.2) is 0 Å². The Balaban J connectivity index is 2.05. The van der Waals surface area contributed by atoms with E-state index in [4.69, 9.17) is 0 Å². The topological polar surface area (TPSA) is 0 Å². The molecule has 0 aromatic heterocycles. The molecule has 0 aromatic rings. The second-order valence-corrected chi connectivity index (χ2v) is 5.73. The highest BCUT2D eigenvalue weighted by atomic mass is 32.2. The van der Waals surface area contributed by atoms with Crippen molar-refractivity contribution in [1.29, 1.82) is 0 Å². The number of unbranched alkanes of at least 4 members (excludes halogenated alkanes) is 2. The summed E-state index contributed by atoms with van der Waals surface area (Å²) in [6, 6.07) is 0. The molecule has 0 heterocycles. The van der Waals surface area contributed by atoms with Crippen LogP contribution in [0.15, 0.2) is 0 Å². The molecule has 0 nitrogen and oxygen atoms in total. The summed E-state index contributed by atoms with van der Waals surface area (Å²) in [7, 11) is 0. The zero-order chi connectivity index (χ0) is 9.52. The van der Waals surface area contributed by atoms with E-state index in [-0.39, 0.29) is 0 Å². The summed E-state index contributed by atoms with van der Waals surface area (Å²) in [5.74, 6) is 2.39. The van der Waals surface area contributed by atoms with Crippen molar-refractivity contribution in [2.45, 2.75) is 64.0 Å². The fraction of sp³-hybridized carbons (Fsp3) is 1.00. The van der Waals surface area contributed by atoms with Gasteiger partial charge >= 0.3 is 0 Å². The molecule has 2 unspecified atom stereocenters. The Morgan fingerprint density at radius 2 is 1.92 bits per heavy atom. The van der Waals surface area contributed by atoms with E-state index in [2.05, 4.69) is 25.6 Å². The van der Waals surface area contributed by atoms with Crippen molar-refractivity contribution in [2.24, 2.45) is 5.92 Å². The molecule has 0 amide bonds. The molecule has 1 saturated carbocycles. The van der Waals surface area contributed by atoms with Gasteiger partial charge in [0, 0.05) is 5.25 Å². The Morgan fingerprint density at radius 3 is 2.62 bits per heavy atom. The first kappa shape index (κ1) is 11.4. The molecule has 0 spiro atoms. The van der Waals surface area contributed by atoms with Crippen molar-refractivity contribution in [2.75, 3.05) is 5.75 Å². The first-order chi connectivity index (χ1) is 6.34. The number of hydrogen-bond donors (Lipinski definition) is 0. The predicted octanol–water partition coefficient (Wildman–Crippen LogP) is 4.49. The minimum Gasteiger partial charge on any atom is -0.158 e. The van der Waals surface area contributed by atoms with E-state index < -0.39 is 0 Å². The number of thioether (sulfide) groups is 1. The first-order valence-corrected chi connectivity index (χ1v) is 7.01. The van der Waals surface area contributed by atoms with E-state index in [0.29, 0.717) is 0 Å². The lowest BCUT2D eigenvalue weighted by Crippen LogP contribution is -2.19. The molecule has 13 heavy (non-hydrogen) atoms. The summed E-state index contributed by atoms with van der Waals surface area (Å²) >= 11 is 2.25. The van der Waals surface area contributed by atoms with E-state index in [1.165, 1.54) is 50.7 Å². The van der Waals surface area contributed by atoms with Crippen LogP contribution in [-0.4, -0.2) is 11.0 Å². The van der Waals surface area contributed by atoms with Crippen LogP contribution in [0.1, 0.15) is 58.8 Å². The van der Waals surface area contributed by atoms with Crippen LogP contribution in [0.5, 0.6) is 0 Å². The van der Waals surface area contributed by atoms with Gasteiger partial charge < -0.3 is 0 Å². The van der Waals surface area contributed by atoms with E-state index in [0.717, 1.165) is 11.2 Å². The van der Waals surface area contributed by atoms with Gasteiger partial charge in [-0.3, -0.25) is 0 Å². The molecular weight excluding hydrogens is 176 g/mol. The molecule has 1 rings (SSSR count). The Hall–Kier alpha value is 0.350. The third kappa shape index (κ3) is 4.39. The van der Waals surface area contributed by atoms with Crippen molar-refractivity contribution < 1.29 is 0 Å². The molecule has 1 aliphatic rings. The van der Waals surface area contributed by atoms with Crippen LogP contribution in [0.25, 0.3) is 0 Å². The van der Waals surface area contributed by atoms with Gasteiger partial charge in [-0.1, -0.05) is 39.5 Å². The lowest BCUT2D eigenvalue weighted by Gasteiger charge is -2.28. The van der Waals surface area contributed by atoms with E-state index in [1.54, 1.807) is 0 Å². The molecule has 0 aromatic carbocycles. The normalized spacial score (nSPS) is 29.1. The van der Waals surface area contributed by atoms with Crippen LogP contribution < -0.4 is 0 Å². The molecule has 1 aliphatic carbocycles. The molecule has 1 heteroatoms.